The highest BCUT2D eigenvalue weighted by molar-refractivity contribution is 5.71. The van der Waals surface area contributed by atoms with Crippen LogP contribution in [0.25, 0.3) is 0 Å². The molecule has 2 unspecified atom stereocenters. The van der Waals surface area contributed by atoms with Crippen molar-refractivity contribution < 1.29 is 9.90 Å². The van der Waals surface area contributed by atoms with Crippen LogP contribution in [0.3, 0.4) is 0 Å². The number of carboxylic acids is 1. The minimum Gasteiger partial charge on any atom is -0.481 e. The summed E-state index contributed by atoms with van der Waals surface area (Å²) in [5, 5.41) is 8.95. The quantitative estimate of drug-likeness (QED) is 0.783. The molecule has 1 aliphatic carbocycles. The molecule has 1 aromatic rings. The van der Waals surface area contributed by atoms with Crippen LogP contribution < -0.4 is 11.2 Å². The lowest BCUT2D eigenvalue weighted by Gasteiger charge is -2.34. The molecule has 17 heavy (non-hydrogen) atoms. The van der Waals surface area contributed by atoms with Gasteiger partial charge in [0.05, 0.1) is 12.0 Å². The van der Waals surface area contributed by atoms with Gasteiger partial charge in [-0.05, 0) is 19.3 Å². The Balaban J connectivity index is 2.43. The van der Waals surface area contributed by atoms with Gasteiger partial charge in [-0.3, -0.25) is 19.1 Å². The van der Waals surface area contributed by atoms with Gasteiger partial charge in [-0.2, -0.15) is 0 Å². The summed E-state index contributed by atoms with van der Waals surface area (Å²) < 4.78 is 1.35. The average molecular weight is 238 g/mol. The van der Waals surface area contributed by atoms with E-state index in [1.165, 1.54) is 10.8 Å². The maximum atomic E-state index is 11.6. The van der Waals surface area contributed by atoms with E-state index in [0.717, 1.165) is 0 Å². The number of nitrogens with one attached hydrogen (secondary N) is 1. The van der Waals surface area contributed by atoms with Crippen LogP contribution in [0.2, 0.25) is 0 Å². The fourth-order valence-electron chi connectivity index (χ4n) is 2.13. The van der Waals surface area contributed by atoms with Crippen molar-refractivity contribution in [2.24, 2.45) is 5.92 Å². The highest BCUT2D eigenvalue weighted by Crippen LogP contribution is 2.37. The van der Waals surface area contributed by atoms with Crippen molar-refractivity contribution in [3.8, 4) is 0 Å². The van der Waals surface area contributed by atoms with Gasteiger partial charge in [0.25, 0.3) is 5.56 Å². The van der Waals surface area contributed by atoms with Crippen LogP contribution in [0.1, 0.15) is 31.4 Å². The standard InChI is InChI=1S/C11H14N2O4/c1-2-6-5-13(11(17)12-9(6)14)8-4-3-7(8)10(15)16/h5,7-8H,2-4H2,1H3,(H,15,16)(H,12,14,17). The Morgan fingerprint density at radius 3 is 2.71 bits per heavy atom. The molecule has 1 aliphatic rings. The number of hydrogen-bond acceptors (Lipinski definition) is 3. The molecular formula is C11H14N2O4. The van der Waals surface area contributed by atoms with E-state index in [4.69, 9.17) is 5.11 Å². The highest BCUT2D eigenvalue weighted by atomic mass is 16.4. The number of aryl methyl sites for hydroxylation is 1. The molecule has 1 aromatic heterocycles. The molecule has 0 aromatic carbocycles. The molecule has 1 heterocycles. The largest absolute Gasteiger partial charge is 0.481 e. The third kappa shape index (κ3) is 1.90. The second kappa shape index (κ2) is 4.20. The summed E-state index contributed by atoms with van der Waals surface area (Å²) >= 11 is 0. The summed E-state index contributed by atoms with van der Waals surface area (Å²) in [4.78, 5) is 36.1. The van der Waals surface area contributed by atoms with Crippen molar-refractivity contribution in [1.82, 2.24) is 9.55 Å². The first kappa shape index (κ1) is 11.6. The Morgan fingerprint density at radius 1 is 1.53 bits per heavy atom. The zero-order chi connectivity index (χ0) is 12.6. The Morgan fingerprint density at radius 2 is 2.24 bits per heavy atom. The van der Waals surface area contributed by atoms with Crippen molar-refractivity contribution in [2.75, 3.05) is 0 Å². The summed E-state index contributed by atoms with van der Waals surface area (Å²) in [5.41, 5.74) is -0.413. The van der Waals surface area contributed by atoms with E-state index in [-0.39, 0.29) is 11.6 Å². The zero-order valence-electron chi connectivity index (χ0n) is 9.47. The second-order valence-corrected chi connectivity index (χ2v) is 4.26. The zero-order valence-corrected chi connectivity index (χ0v) is 9.47. The number of aromatic nitrogens is 2. The van der Waals surface area contributed by atoms with Gasteiger partial charge in [0.1, 0.15) is 0 Å². The summed E-state index contributed by atoms with van der Waals surface area (Å²) in [6, 6.07) is -0.331. The molecule has 0 aliphatic heterocycles. The van der Waals surface area contributed by atoms with Crippen molar-refractivity contribution in [3.63, 3.8) is 0 Å². The molecule has 0 amide bonds. The van der Waals surface area contributed by atoms with E-state index in [9.17, 15) is 14.4 Å². The molecule has 1 saturated carbocycles. The van der Waals surface area contributed by atoms with Crippen molar-refractivity contribution in [2.45, 2.75) is 32.2 Å². The first-order chi connectivity index (χ1) is 8.04. The molecule has 2 N–H and O–H groups in total. The van der Waals surface area contributed by atoms with Crippen molar-refractivity contribution in [3.05, 3.63) is 32.6 Å². The summed E-state index contributed by atoms with van der Waals surface area (Å²) in [7, 11) is 0. The minimum atomic E-state index is -0.891. The van der Waals surface area contributed by atoms with Crippen LogP contribution in [0, 0.1) is 5.92 Å². The second-order valence-electron chi connectivity index (χ2n) is 4.26. The van der Waals surface area contributed by atoms with E-state index in [0.29, 0.717) is 24.8 Å². The van der Waals surface area contributed by atoms with Crippen LogP contribution in [0.4, 0.5) is 0 Å². The van der Waals surface area contributed by atoms with Crippen LogP contribution in [-0.4, -0.2) is 20.6 Å². The van der Waals surface area contributed by atoms with Gasteiger partial charge < -0.3 is 5.11 Å². The van der Waals surface area contributed by atoms with Crippen LogP contribution >= 0.6 is 0 Å². The molecule has 0 radical (unpaired) electrons. The predicted octanol–water partition coefficient (Wildman–Crippen LogP) is 0.135. The Labute approximate surface area is 96.9 Å². The molecule has 0 bridgehead atoms. The third-order valence-electron chi connectivity index (χ3n) is 3.33. The molecule has 0 saturated heterocycles. The number of nitrogens with zero attached hydrogens (tertiary/aromatic N) is 1. The fourth-order valence-corrected chi connectivity index (χ4v) is 2.13. The van der Waals surface area contributed by atoms with Crippen LogP contribution in [0.5, 0.6) is 0 Å². The average Bonchev–Trinajstić information content (AvgIpc) is 2.19. The molecule has 92 valence electrons. The number of H-pyrrole nitrogens is 1. The molecule has 6 nitrogen and oxygen atoms in total. The summed E-state index contributed by atoms with van der Waals surface area (Å²) in [6.45, 7) is 1.81. The van der Waals surface area contributed by atoms with E-state index < -0.39 is 17.6 Å². The Bertz CT molecular complexity index is 557. The molecule has 1 fully saturated rings. The van der Waals surface area contributed by atoms with Gasteiger partial charge in [0.15, 0.2) is 0 Å². The number of aliphatic carboxylic acids is 1. The normalized spacial score (nSPS) is 23.1. The Kier molecular flexibility index (Phi) is 2.87. The number of aromatic amines is 1. The number of carbonyl (C=O) groups is 1. The first-order valence-electron chi connectivity index (χ1n) is 5.61. The van der Waals surface area contributed by atoms with Gasteiger partial charge in [-0.1, -0.05) is 6.92 Å². The SMILES string of the molecule is CCc1cn(C2CCC2C(=O)O)c(=O)[nH]c1=O. The first-order valence-corrected chi connectivity index (χ1v) is 5.61. The molecule has 2 atom stereocenters. The topological polar surface area (TPSA) is 92.2 Å². The molecule has 2 rings (SSSR count). The molecule has 6 heteroatoms. The predicted molar refractivity (Wildman–Crippen MR) is 60.1 cm³/mol. The molecular weight excluding hydrogens is 224 g/mol. The number of carboxylic acid groups (broad SMARTS) is 1. The van der Waals surface area contributed by atoms with Gasteiger partial charge in [-0.25, -0.2) is 4.79 Å². The van der Waals surface area contributed by atoms with E-state index in [1.807, 2.05) is 6.92 Å². The monoisotopic (exact) mass is 238 g/mol. The molecule has 0 spiro atoms. The fraction of sp³-hybridized carbons (Fsp3) is 0.545. The van der Waals surface area contributed by atoms with E-state index in [1.54, 1.807) is 0 Å². The minimum absolute atomic E-state index is 0.331. The smallest absolute Gasteiger partial charge is 0.328 e. The lowest BCUT2D eigenvalue weighted by molar-refractivity contribution is -0.147. The Hall–Kier alpha value is -1.85. The van der Waals surface area contributed by atoms with E-state index >= 15 is 0 Å². The lowest BCUT2D eigenvalue weighted by Crippen LogP contribution is -2.42. The maximum Gasteiger partial charge on any atom is 0.328 e. The van der Waals surface area contributed by atoms with Crippen LogP contribution in [0.15, 0.2) is 15.8 Å². The number of hydrogen-bond donors (Lipinski definition) is 2. The number of rotatable bonds is 3. The van der Waals surface area contributed by atoms with E-state index in [2.05, 4.69) is 4.98 Å². The van der Waals surface area contributed by atoms with Gasteiger partial charge in [0, 0.05) is 11.8 Å². The van der Waals surface area contributed by atoms with Gasteiger partial charge >= 0.3 is 11.7 Å². The summed E-state index contributed by atoms with van der Waals surface area (Å²) in [6.07, 6.45) is 3.24. The van der Waals surface area contributed by atoms with Crippen molar-refractivity contribution >= 4 is 5.97 Å². The van der Waals surface area contributed by atoms with Gasteiger partial charge in [0.2, 0.25) is 0 Å². The maximum absolute atomic E-state index is 11.6. The van der Waals surface area contributed by atoms with Crippen molar-refractivity contribution in [1.29, 1.82) is 0 Å². The lowest BCUT2D eigenvalue weighted by atomic mass is 9.79. The van der Waals surface area contributed by atoms with Crippen LogP contribution in [-0.2, 0) is 11.2 Å². The van der Waals surface area contributed by atoms with Gasteiger partial charge in [-0.15, -0.1) is 0 Å². The third-order valence-corrected chi connectivity index (χ3v) is 3.33. The highest BCUT2D eigenvalue weighted by Gasteiger charge is 2.38. The summed E-state index contributed by atoms with van der Waals surface area (Å²) in [5.74, 6) is -1.42.